The quantitative estimate of drug-likeness (QED) is 0.718. The van der Waals surface area contributed by atoms with Crippen molar-refractivity contribution in [3.05, 3.63) is 63.1 Å². The van der Waals surface area contributed by atoms with Gasteiger partial charge in [0.2, 0.25) is 5.91 Å². The lowest BCUT2D eigenvalue weighted by molar-refractivity contribution is -0.142. The van der Waals surface area contributed by atoms with Crippen LogP contribution in [0, 0.1) is 0 Å². The molecule has 0 fully saturated rings. The molecule has 1 unspecified atom stereocenters. The summed E-state index contributed by atoms with van der Waals surface area (Å²) in [6.07, 6.45) is 0. The number of carbonyl (C=O) groups excluding carboxylic acids is 2. The summed E-state index contributed by atoms with van der Waals surface area (Å²) >= 11 is 17.9. The van der Waals surface area contributed by atoms with E-state index in [0.717, 1.165) is 5.56 Å². The summed E-state index contributed by atoms with van der Waals surface area (Å²) in [4.78, 5) is 26.3. The molecule has 2 rings (SSSR count). The second-order valence-corrected chi connectivity index (χ2v) is 7.09. The molecule has 0 aliphatic carbocycles. The van der Waals surface area contributed by atoms with Gasteiger partial charge in [-0.1, -0.05) is 46.9 Å². The zero-order valence-electron chi connectivity index (χ0n) is 14.8. The average Bonchev–Trinajstić information content (AvgIpc) is 2.64. The lowest BCUT2D eigenvalue weighted by Crippen LogP contribution is -2.48. The Morgan fingerprint density at radius 3 is 2.44 bits per heavy atom. The van der Waals surface area contributed by atoms with Crippen LogP contribution in [0.5, 0.6) is 5.75 Å². The minimum atomic E-state index is -0.689. The highest BCUT2D eigenvalue weighted by Gasteiger charge is 2.26. The van der Waals surface area contributed by atoms with Gasteiger partial charge >= 0.3 is 0 Å². The predicted molar refractivity (Wildman–Crippen MR) is 107 cm³/mol. The van der Waals surface area contributed by atoms with Gasteiger partial charge in [0.05, 0.1) is 5.02 Å². The van der Waals surface area contributed by atoms with Gasteiger partial charge in [-0.2, -0.15) is 0 Å². The van der Waals surface area contributed by atoms with E-state index in [-0.39, 0.29) is 25.0 Å². The van der Waals surface area contributed by atoms with Crippen molar-refractivity contribution in [2.24, 2.45) is 0 Å². The Hall–Kier alpha value is -1.95. The Balaban J connectivity index is 2.15. The molecule has 5 nitrogen and oxygen atoms in total. The first kappa shape index (κ1) is 21.4. The minimum absolute atomic E-state index is 0.214. The maximum atomic E-state index is 12.8. The third-order valence-corrected chi connectivity index (χ3v) is 4.67. The van der Waals surface area contributed by atoms with Crippen molar-refractivity contribution < 1.29 is 14.3 Å². The van der Waals surface area contributed by atoms with Gasteiger partial charge in [-0.05, 0) is 42.8 Å². The molecule has 0 radical (unpaired) electrons. The van der Waals surface area contributed by atoms with Crippen molar-refractivity contribution in [2.45, 2.75) is 19.5 Å². The number of amides is 2. The monoisotopic (exact) mass is 428 g/mol. The molecule has 2 aromatic rings. The Labute approximate surface area is 173 Å². The number of rotatable bonds is 7. The molecule has 144 valence electrons. The number of ether oxygens (including phenoxy) is 1. The molecule has 8 heteroatoms. The van der Waals surface area contributed by atoms with Crippen molar-refractivity contribution in [3.63, 3.8) is 0 Å². The van der Waals surface area contributed by atoms with E-state index >= 15 is 0 Å². The molecule has 1 N–H and O–H groups in total. The fourth-order valence-electron chi connectivity index (χ4n) is 2.44. The number of benzene rings is 2. The highest BCUT2D eigenvalue weighted by atomic mass is 35.5. The molecular weight excluding hydrogens is 411 g/mol. The van der Waals surface area contributed by atoms with Gasteiger partial charge in [0.15, 0.2) is 6.61 Å². The summed E-state index contributed by atoms with van der Waals surface area (Å²) in [5, 5.41) is 3.87. The van der Waals surface area contributed by atoms with E-state index in [1.165, 1.54) is 18.0 Å². The van der Waals surface area contributed by atoms with Crippen LogP contribution in [0.1, 0.15) is 12.5 Å². The first-order chi connectivity index (χ1) is 12.8. The SMILES string of the molecule is CNC(=O)C(C)N(Cc1cccc(Cl)c1)C(=O)COc1ccc(Cl)cc1Cl. The van der Waals surface area contributed by atoms with Gasteiger partial charge in [0.25, 0.3) is 5.91 Å². The number of carbonyl (C=O) groups is 2. The van der Waals surface area contributed by atoms with Crippen molar-refractivity contribution in [3.8, 4) is 5.75 Å². The molecule has 0 spiro atoms. The van der Waals surface area contributed by atoms with E-state index in [0.29, 0.717) is 20.8 Å². The molecule has 1 atom stereocenters. The lowest BCUT2D eigenvalue weighted by Gasteiger charge is -2.28. The van der Waals surface area contributed by atoms with E-state index in [9.17, 15) is 9.59 Å². The van der Waals surface area contributed by atoms with Crippen molar-refractivity contribution in [1.29, 1.82) is 0 Å². The first-order valence-electron chi connectivity index (χ1n) is 8.15. The van der Waals surface area contributed by atoms with Crippen molar-refractivity contribution in [1.82, 2.24) is 10.2 Å². The third-order valence-electron chi connectivity index (χ3n) is 3.90. The highest BCUT2D eigenvalue weighted by molar-refractivity contribution is 6.35. The fraction of sp³-hybridized carbons (Fsp3) is 0.263. The Bertz CT molecular complexity index is 830. The van der Waals surface area contributed by atoms with Gasteiger partial charge in [-0.25, -0.2) is 0 Å². The van der Waals surface area contributed by atoms with E-state index in [1.54, 1.807) is 37.3 Å². The van der Waals surface area contributed by atoms with Crippen LogP contribution in [0.15, 0.2) is 42.5 Å². The number of halogens is 3. The minimum Gasteiger partial charge on any atom is -0.482 e. The van der Waals surface area contributed by atoms with Crippen molar-refractivity contribution in [2.75, 3.05) is 13.7 Å². The summed E-state index contributed by atoms with van der Waals surface area (Å²) in [7, 11) is 1.52. The summed E-state index contributed by atoms with van der Waals surface area (Å²) in [5.74, 6) is -0.309. The van der Waals surface area contributed by atoms with Gasteiger partial charge in [-0.15, -0.1) is 0 Å². The number of nitrogens with one attached hydrogen (secondary N) is 1. The zero-order valence-corrected chi connectivity index (χ0v) is 17.1. The first-order valence-corrected chi connectivity index (χ1v) is 9.28. The van der Waals surface area contributed by atoms with E-state index in [4.69, 9.17) is 39.5 Å². The highest BCUT2D eigenvalue weighted by Crippen LogP contribution is 2.27. The van der Waals surface area contributed by atoms with Crippen LogP contribution in [0.2, 0.25) is 15.1 Å². The normalized spacial score (nSPS) is 11.6. The number of nitrogens with zero attached hydrogens (tertiary/aromatic N) is 1. The van der Waals surface area contributed by atoms with E-state index in [1.807, 2.05) is 6.07 Å². The van der Waals surface area contributed by atoms with E-state index in [2.05, 4.69) is 5.32 Å². The second-order valence-electron chi connectivity index (χ2n) is 5.81. The van der Waals surface area contributed by atoms with Crippen LogP contribution in [0.3, 0.4) is 0 Å². The Kier molecular flexibility index (Phi) is 7.78. The standard InChI is InChI=1S/C19H19Cl3N2O3/c1-12(19(26)23-2)24(10-13-4-3-5-14(20)8-13)18(25)11-27-17-7-6-15(21)9-16(17)22/h3-9,12H,10-11H2,1-2H3,(H,23,26). The second kappa shape index (κ2) is 9.83. The largest absolute Gasteiger partial charge is 0.482 e. The van der Waals surface area contributed by atoms with Crippen molar-refractivity contribution >= 4 is 46.6 Å². The van der Waals surface area contributed by atoms with Crippen LogP contribution < -0.4 is 10.1 Å². The Morgan fingerprint density at radius 1 is 1.11 bits per heavy atom. The number of hydrogen-bond donors (Lipinski definition) is 1. The lowest BCUT2D eigenvalue weighted by atomic mass is 10.1. The molecule has 0 saturated heterocycles. The maximum absolute atomic E-state index is 12.8. The predicted octanol–water partition coefficient (Wildman–Crippen LogP) is 4.19. The van der Waals surface area contributed by atoms with Crippen LogP contribution in [-0.4, -0.2) is 36.4 Å². The van der Waals surface area contributed by atoms with Crippen LogP contribution in [0.4, 0.5) is 0 Å². The van der Waals surface area contributed by atoms with Crippen LogP contribution >= 0.6 is 34.8 Å². The smallest absolute Gasteiger partial charge is 0.261 e. The van der Waals surface area contributed by atoms with Gasteiger partial charge in [0, 0.05) is 23.6 Å². The summed E-state index contributed by atoms with van der Waals surface area (Å²) in [6, 6.07) is 11.1. The van der Waals surface area contributed by atoms with Crippen LogP contribution in [0.25, 0.3) is 0 Å². The molecule has 27 heavy (non-hydrogen) atoms. The molecule has 0 heterocycles. The fourth-order valence-corrected chi connectivity index (χ4v) is 3.11. The molecule has 2 aromatic carbocycles. The maximum Gasteiger partial charge on any atom is 0.261 e. The topological polar surface area (TPSA) is 58.6 Å². The molecule has 0 aliphatic heterocycles. The van der Waals surface area contributed by atoms with Crippen LogP contribution in [-0.2, 0) is 16.1 Å². The van der Waals surface area contributed by atoms with Gasteiger partial charge in [-0.3, -0.25) is 9.59 Å². The molecule has 0 aliphatic rings. The molecule has 2 amide bonds. The zero-order chi connectivity index (χ0) is 20.0. The van der Waals surface area contributed by atoms with Gasteiger partial charge < -0.3 is 15.0 Å². The molecule has 0 aromatic heterocycles. The third kappa shape index (κ3) is 6.03. The van der Waals surface area contributed by atoms with E-state index < -0.39 is 6.04 Å². The molecule has 0 saturated carbocycles. The number of hydrogen-bond acceptors (Lipinski definition) is 3. The average molecular weight is 430 g/mol. The summed E-state index contributed by atoms with van der Waals surface area (Å²) < 4.78 is 5.52. The Morgan fingerprint density at radius 2 is 1.81 bits per heavy atom. The molecule has 0 bridgehead atoms. The summed E-state index contributed by atoms with van der Waals surface area (Å²) in [6.45, 7) is 1.59. The summed E-state index contributed by atoms with van der Waals surface area (Å²) in [5.41, 5.74) is 0.802. The molecular formula is C19H19Cl3N2O3. The number of likely N-dealkylation sites (N-methyl/N-ethyl adjacent to an activating group) is 1. The van der Waals surface area contributed by atoms with Gasteiger partial charge in [0.1, 0.15) is 11.8 Å².